The second-order valence-corrected chi connectivity index (χ2v) is 4.84. The van der Waals surface area contributed by atoms with E-state index in [9.17, 15) is 0 Å². The van der Waals surface area contributed by atoms with Gasteiger partial charge in [-0.3, -0.25) is 4.68 Å². The van der Waals surface area contributed by atoms with Crippen molar-refractivity contribution in [3.05, 3.63) is 35.0 Å². The quantitative estimate of drug-likeness (QED) is 0.833. The van der Waals surface area contributed by atoms with Gasteiger partial charge in [0.05, 0.1) is 0 Å². The summed E-state index contributed by atoms with van der Waals surface area (Å²) < 4.78 is 1.86. The maximum Gasteiger partial charge on any atom is 0.137 e. The molecule has 1 atom stereocenters. The van der Waals surface area contributed by atoms with Crippen molar-refractivity contribution in [1.29, 1.82) is 0 Å². The summed E-state index contributed by atoms with van der Waals surface area (Å²) in [6, 6.07) is 4.73. The topological polar surface area (TPSA) is 42.7 Å². The van der Waals surface area contributed by atoms with Crippen molar-refractivity contribution in [2.75, 3.05) is 0 Å². The second kappa shape index (κ2) is 5.77. The first-order chi connectivity index (χ1) is 7.84. The van der Waals surface area contributed by atoms with E-state index in [2.05, 4.69) is 39.8 Å². The Labute approximate surface area is 99.3 Å². The molecule has 1 unspecified atom stereocenters. The summed E-state index contributed by atoms with van der Waals surface area (Å²) in [5, 5.41) is 9.68. The molecular formula is C11H16N4S. The van der Waals surface area contributed by atoms with Crippen molar-refractivity contribution in [3.63, 3.8) is 0 Å². The van der Waals surface area contributed by atoms with Crippen LogP contribution in [0.25, 0.3) is 0 Å². The first kappa shape index (κ1) is 11.3. The summed E-state index contributed by atoms with van der Waals surface area (Å²) in [4.78, 5) is 5.30. The van der Waals surface area contributed by atoms with Crippen LogP contribution in [0.5, 0.6) is 0 Å². The number of thiophene rings is 1. The number of aromatic nitrogens is 3. The predicted molar refractivity (Wildman–Crippen MR) is 65.3 cm³/mol. The van der Waals surface area contributed by atoms with Crippen molar-refractivity contribution in [1.82, 2.24) is 20.1 Å². The van der Waals surface area contributed by atoms with Crippen LogP contribution in [-0.2, 0) is 13.1 Å². The Morgan fingerprint density at radius 3 is 3.19 bits per heavy atom. The van der Waals surface area contributed by atoms with Crippen LogP contribution in [0.3, 0.4) is 0 Å². The van der Waals surface area contributed by atoms with Gasteiger partial charge in [0, 0.05) is 24.0 Å². The Morgan fingerprint density at radius 1 is 1.56 bits per heavy atom. The van der Waals surface area contributed by atoms with E-state index in [1.807, 2.05) is 4.68 Å². The molecule has 1 N–H and O–H groups in total. The highest BCUT2D eigenvalue weighted by molar-refractivity contribution is 7.09. The van der Waals surface area contributed by atoms with Gasteiger partial charge in [-0.25, -0.2) is 4.98 Å². The Kier molecular flexibility index (Phi) is 4.07. The van der Waals surface area contributed by atoms with Crippen molar-refractivity contribution in [3.8, 4) is 0 Å². The molecular weight excluding hydrogens is 220 g/mol. The lowest BCUT2D eigenvalue weighted by Gasteiger charge is -2.12. The Hall–Kier alpha value is -1.20. The number of rotatable bonds is 6. The molecule has 0 aromatic carbocycles. The summed E-state index contributed by atoms with van der Waals surface area (Å²) in [5.41, 5.74) is 0. The van der Waals surface area contributed by atoms with Gasteiger partial charge >= 0.3 is 0 Å². The summed E-state index contributed by atoms with van der Waals surface area (Å²) in [6.45, 7) is 4.07. The predicted octanol–water partition coefficient (Wildman–Crippen LogP) is 1.91. The monoisotopic (exact) mass is 236 g/mol. The molecule has 86 valence electrons. The molecule has 2 rings (SSSR count). The van der Waals surface area contributed by atoms with E-state index in [1.54, 1.807) is 24.0 Å². The van der Waals surface area contributed by atoms with Crippen LogP contribution in [0, 0.1) is 0 Å². The third kappa shape index (κ3) is 3.43. The van der Waals surface area contributed by atoms with E-state index in [1.165, 1.54) is 4.88 Å². The number of nitrogens with one attached hydrogen (secondary N) is 1. The van der Waals surface area contributed by atoms with Crippen LogP contribution in [-0.4, -0.2) is 20.8 Å². The van der Waals surface area contributed by atoms with E-state index >= 15 is 0 Å². The van der Waals surface area contributed by atoms with Gasteiger partial charge in [-0.05, 0) is 24.8 Å². The number of nitrogens with zero attached hydrogens (tertiary/aromatic N) is 3. The molecule has 0 aliphatic carbocycles. The maximum atomic E-state index is 4.08. The molecule has 16 heavy (non-hydrogen) atoms. The third-order valence-electron chi connectivity index (χ3n) is 2.46. The van der Waals surface area contributed by atoms with Gasteiger partial charge in [0.25, 0.3) is 0 Å². The van der Waals surface area contributed by atoms with Crippen LogP contribution in [0.15, 0.2) is 30.2 Å². The average Bonchev–Trinajstić information content (AvgIpc) is 2.96. The highest BCUT2D eigenvalue weighted by atomic mass is 32.1. The first-order valence-electron chi connectivity index (χ1n) is 5.43. The average molecular weight is 236 g/mol. The molecule has 2 aromatic heterocycles. The normalized spacial score (nSPS) is 12.8. The summed E-state index contributed by atoms with van der Waals surface area (Å²) >= 11 is 1.79. The standard InChI is InChI=1S/C11H16N4S/c1-10(4-5-15-9-12-8-14-15)13-7-11-3-2-6-16-11/h2-3,6,8-10,13H,4-5,7H2,1H3. The highest BCUT2D eigenvalue weighted by Gasteiger charge is 2.02. The van der Waals surface area contributed by atoms with Crippen molar-refractivity contribution in [2.45, 2.75) is 32.5 Å². The fourth-order valence-corrected chi connectivity index (χ4v) is 2.12. The van der Waals surface area contributed by atoms with Crippen molar-refractivity contribution < 1.29 is 0 Å². The van der Waals surface area contributed by atoms with E-state index in [0.29, 0.717) is 6.04 Å². The number of aryl methyl sites for hydroxylation is 1. The summed E-state index contributed by atoms with van der Waals surface area (Å²) in [5.74, 6) is 0. The van der Waals surface area contributed by atoms with E-state index in [-0.39, 0.29) is 0 Å². The molecule has 0 bridgehead atoms. The van der Waals surface area contributed by atoms with Gasteiger partial charge in [0.15, 0.2) is 0 Å². The highest BCUT2D eigenvalue weighted by Crippen LogP contribution is 2.08. The van der Waals surface area contributed by atoms with E-state index in [0.717, 1.165) is 19.5 Å². The van der Waals surface area contributed by atoms with E-state index < -0.39 is 0 Å². The third-order valence-corrected chi connectivity index (χ3v) is 3.34. The van der Waals surface area contributed by atoms with Crippen LogP contribution in [0.1, 0.15) is 18.2 Å². The second-order valence-electron chi connectivity index (χ2n) is 3.81. The molecule has 4 nitrogen and oxygen atoms in total. The molecule has 0 saturated heterocycles. The van der Waals surface area contributed by atoms with Crippen LogP contribution < -0.4 is 5.32 Å². The SMILES string of the molecule is CC(CCn1cncn1)NCc1cccs1. The van der Waals surface area contributed by atoms with Gasteiger partial charge in [-0.2, -0.15) is 5.10 Å². The molecule has 0 fully saturated rings. The smallest absolute Gasteiger partial charge is 0.137 e. The molecule has 0 spiro atoms. The van der Waals surface area contributed by atoms with Crippen molar-refractivity contribution >= 4 is 11.3 Å². The zero-order chi connectivity index (χ0) is 11.2. The molecule has 2 aromatic rings. The zero-order valence-corrected chi connectivity index (χ0v) is 10.2. The van der Waals surface area contributed by atoms with Crippen LogP contribution in [0.2, 0.25) is 0 Å². The lowest BCUT2D eigenvalue weighted by molar-refractivity contribution is 0.459. The van der Waals surface area contributed by atoms with Crippen molar-refractivity contribution in [2.24, 2.45) is 0 Å². The van der Waals surface area contributed by atoms with Gasteiger partial charge in [-0.1, -0.05) is 6.07 Å². The summed E-state index contributed by atoms with van der Waals surface area (Å²) in [6.07, 6.45) is 4.39. The fraction of sp³-hybridized carbons (Fsp3) is 0.455. The Bertz CT molecular complexity index is 344. The van der Waals surface area contributed by atoms with Crippen LogP contribution >= 0.6 is 11.3 Å². The Morgan fingerprint density at radius 2 is 2.50 bits per heavy atom. The number of hydrogen-bond acceptors (Lipinski definition) is 4. The van der Waals surface area contributed by atoms with Gasteiger partial charge < -0.3 is 5.32 Å². The minimum absolute atomic E-state index is 0.492. The molecule has 0 aliphatic heterocycles. The first-order valence-corrected chi connectivity index (χ1v) is 6.31. The molecule has 0 saturated carbocycles. The van der Waals surface area contributed by atoms with E-state index in [4.69, 9.17) is 0 Å². The molecule has 0 amide bonds. The zero-order valence-electron chi connectivity index (χ0n) is 9.34. The fourth-order valence-electron chi connectivity index (χ4n) is 1.46. The lowest BCUT2D eigenvalue weighted by atomic mass is 10.2. The number of hydrogen-bond donors (Lipinski definition) is 1. The minimum Gasteiger partial charge on any atom is -0.309 e. The molecule has 2 heterocycles. The summed E-state index contributed by atoms with van der Waals surface area (Å²) in [7, 11) is 0. The minimum atomic E-state index is 0.492. The largest absolute Gasteiger partial charge is 0.309 e. The lowest BCUT2D eigenvalue weighted by Crippen LogP contribution is -2.26. The van der Waals surface area contributed by atoms with Gasteiger partial charge in [0.2, 0.25) is 0 Å². The molecule has 5 heteroatoms. The molecule has 0 radical (unpaired) electrons. The molecule has 0 aliphatic rings. The van der Waals surface area contributed by atoms with Gasteiger partial charge in [0.1, 0.15) is 12.7 Å². The van der Waals surface area contributed by atoms with Crippen LogP contribution in [0.4, 0.5) is 0 Å². The van der Waals surface area contributed by atoms with Gasteiger partial charge in [-0.15, -0.1) is 11.3 Å². The maximum absolute atomic E-state index is 4.08. The Balaban J connectivity index is 1.66.